The van der Waals surface area contributed by atoms with Gasteiger partial charge in [0.15, 0.2) is 0 Å². The first kappa shape index (κ1) is 16.0. The topological polar surface area (TPSA) is 66.5 Å². The first-order valence-corrected chi connectivity index (χ1v) is 9.53. The number of rotatable bonds is 3. The zero-order valence-corrected chi connectivity index (χ0v) is 14.6. The van der Waals surface area contributed by atoms with E-state index in [1.165, 1.54) is 4.31 Å². The molecule has 0 aliphatic carbocycles. The van der Waals surface area contributed by atoms with E-state index in [1.54, 1.807) is 42.5 Å². The van der Waals surface area contributed by atoms with Gasteiger partial charge in [0, 0.05) is 22.3 Å². The number of carbonyl (C=O) groups excluding carboxylic acids is 1. The Hall–Kier alpha value is -1.86. The minimum atomic E-state index is -3.18. The molecule has 1 aliphatic rings. The fourth-order valence-corrected chi connectivity index (χ4v) is 4.44. The van der Waals surface area contributed by atoms with E-state index in [4.69, 9.17) is 0 Å². The van der Waals surface area contributed by atoms with Gasteiger partial charge in [-0.15, -0.1) is 0 Å². The highest BCUT2D eigenvalue weighted by atomic mass is 79.9. The van der Waals surface area contributed by atoms with Gasteiger partial charge in [-0.05, 0) is 48.9 Å². The first-order valence-electron chi connectivity index (χ1n) is 7.13. The van der Waals surface area contributed by atoms with Crippen LogP contribution < -0.4 is 9.62 Å². The maximum absolute atomic E-state index is 12.2. The normalized spacial score (nSPS) is 16.3. The number of hydrogen-bond donors (Lipinski definition) is 1. The molecule has 3 rings (SSSR count). The highest BCUT2D eigenvalue weighted by Crippen LogP contribution is 2.25. The quantitative estimate of drug-likeness (QED) is 0.868. The molecule has 1 N–H and O–H groups in total. The van der Waals surface area contributed by atoms with Crippen LogP contribution in [0.3, 0.4) is 0 Å². The fourth-order valence-electron chi connectivity index (χ4n) is 2.47. The standard InChI is InChI=1S/C16H15BrN2O3S/c17-13-4-1-3-12(11-13)16(20)18-14-5-7-15(8-6-14)19-9-2-10-23(19,21)22/h1,3-8,11H,2,9-10H2,(H,18,20). The van der Waals surface area contributed by atoms with E-state index in [9.17, 15) is 13.2 Å². The van der Waals surface area contributed by atoms with E-state index in [0.717, 1.165) is 4.47 Å². The van der Waals surface area contributed by atoms with Crippen LogP contribution in [0.1, 0.15) is 16.8 Å². The maximum Gasteiger partial charge on any atom is 0.255 e. The fraction of sp³-hybridized carbons (Fsp3) is 0.188. The van der Waals surface area contributed by atoms with Gasteiger partial charge in [0.2, 0.25) is 10.0 Å². The molecule has 0 saturated carbocycles. The van der Waals surface area contributed by atoms with Gasteiger partial charge in [0.1, 0.15) is 0 Å². The van der Waals surface area contributed by atoms with Crippen molar-refractivity contribution in [1.29, 1.82) is 0 Å². The third-order valence-electron chi connectivity index (χ3n) is 3.60. The third kappa shape index (κ3) is 3.56. The Bertz CT molecular complexity index is 835. The summed E-state index contributed by atoms with van der Waals surface area (Å²) in [4.78, 5) is 12.2. The first-order chi connectivity index (χ1) is 11.0. The van der Waals surface area contributed by atoms with Crippen LogP contribution in [0.15, 0.2) is 53.0 Å². The SMILES string of the molecule is O=C(Nc1ccc(N2CCCS2(=O)=O)cc1)c1cccc(Br)c1. The number of halogens is 1. The maximum atomic E-state index is 12.2. The minimum absolute atomic E-state index is 0.189. The summed E-state index contributed by atoms with van der Waals surface area (Å²) in [6, 6.07) is 13.9. The van der Waals surface area contributed by atoms with Crippen LogP contribution in [-0.2, 0) is 10.0 Å². The molecule has 1 saturated heterocycles. The molecule has 2 aromatic rings. The molecule has 120 valence electrons. The molecule has 7 heteroatoms. The molecular formula is C16H15BrN2O3S. The second kappa shape index (κ2) is 6.33. The predicted molar refractivity (Wildman–Crippen MR) is 94.3 cm³/mol. The van der Waals surface area contributed by atoms with Crippen molar-refractivity contribution in [2.75, 3.05) is 21.9 Å². The van der Waals surface area contributed by atoms with Gasteiger partial charge in [0.25, 0.3) is 5.91 Å². The summed E-state index contributed by atoms with van der Waals surface area (Å²) in [5.41, 5.74) is 1.80. The molecule has 0 unspecified atom stereocenters. The average molecular weight is 395 g/mol. The van der Waals surface area contributed by atoms with E-state index in [1.807, 2.05) is 6.07 Å². The van der Waals surface area contributed by atoms with Crippen LogP contribution in [0.5, 0.6) is 0 Å². The lowest BCUT2D eigenvalue weighted by Crippen LogP contribution is -2.24. The zero-order chi connectivity index (χ0) is 16.4. The summed E-state index contributed by atoms with van der Waals surface area (Å²) in [5.74, 6) is -0.0261. The molecule has 0 spiro atoms. The number of carbonyl (C=O) groups is 1. The van der Waals surface area contributed by atoms with Crippen molar-refractivity contribution in [3.05, 3.63) is 58.6 Å². The summed E-state index contributed by atoms with van der Waals surface area (Å²) < 4.78 is 26.0. The molecule has 5 nitrogen and oxygen atoms in total. The number of amides is 1. The zero-order valence-electron chi connectivity index (χ0n) is 12.2. The summed E-state index contributed by atoms with van der Waals surface area (Å²) in [6.45, 7) is 0.506. The Kier molecular flexibility index (Phi) is 4.41. The number of nitrogens with one attached hydrogen (secondary N) is 1. The highest BCUT2D eigenvalue weighted by molar-refractivity contribution is 9.10. The number of anilines is 2. The lowest BCUT2D eigenvalue weighted by atomic mass is 10.2. The van der Waals surface area contributed by atoms with Crippen molar-refractivity contribution >= 4 is 43.2 Å². The number of nitrogens with zero attached hydrogens (tertiary/aromatic N) is 1. The average Bonchev–Trinajstić information content (AvgIpc) is 2.87. The van der Waals surface area contributed by atoms with Crippen molar-refractivity contribution < 1.29 is 13.2 Å². The predicted octanol–water partition coefficient (Wildman–Crippen LogP) is 3.24. The van der Waals surface area contributed by atoms with Gasteiger partial charge in [-0.1, -0.05) is 22.0 Å². The van der Waals surface area contributed by atoms with E-state index in [2.05, 4.69) is 21.2 Å². The number of benzene rings is 2. The van der Waals surface area contributed by atoms with E-state index >= 15 is 0 Å². The molecule has 2 aromatic carbocycles. The van der Waals surface area contributed by atoms with Crippen molar-refractivity contribution in [3.63, 3.8) is 0 Å². The van der Waals surface area contributed by atoms with E-state index in [-0.39, 0.29) is 11.7 Å². The summed E-state index contributed by atoms with van der Waals surface area (Å²) in [7, 11) is -3.18. The van der Waals surface area contributed by atoms with Crippen molar-refractivity contribution in [2.24, 2.45) is 0 Å². The third-order valence-corrected chi connectivity index (χ3v) is 5.96. The largest absolute Gasteiger partial charge is 0.322 e. The number of hydrogen-bond acceptors (Lipinski definition) is 3. The van der Waals surface area contributed by atoms with Crippen molar-refractivity contribution in [1.82, 2.24) is 0 Å². The molecule has 1 heterocycles. The van der Waals surface area contributed by atoms with Gasteiger partial charge in [-0.25, -0.2) is 8.42 Å². The molecule has 0 atom stereocenters. The van der Waals surface area contributed by atoms with Gasteiger partial charge >= 0.3 is 0 Å². The number of sulfonamides is 1. The lowest BCUT2D eigenvalue weighted by molar-refractivity contribution is 0.102. The molecule has 1 fully saturated rings. The van der Waals surface area contributed by atoms with Crippen molar-refractivity contribution in [2.45, 2.75) is 6.42 Å². The van der Waals surface area contributed by atoms with E-state index < -0.39 is 10.0 Å². The Balaban J connectivity index is 1.74. The molecule has 23 heavy (non-hydrogen) atoms. The summed E-state index contributed by atoms with van der Waals surface area (Å²) in [5, 5.41) is 2.80. The molecular weight excluding hydrogens is 380 g/mol. The second-order valence-corrected chi connectivity index (χ2v) is 8.18. The van der Waals surface area contributed by atoms with Gasteiger partial charge in [-0.3, -0.25) is 9.10 Å². The Morgan fingerprint density at radius 3 is 2.48 bits per heavy atom. The van der Waals surface area contributed by atoms with Crippen LogP contribution in [0, 0.1) is 0 Å². The van der Waals surface area contributed by atoms with Crippen LogP contribution in [0.2, 0.25) is 0 Å². The van der Waals surface area contributed by atoms with Crippen molar-refractivity contribution in [3.8, 4) is 0 Å². The van der Waals surface area contributed by atoms with E-state index in [0.29, 0.717) is 29.9 Å². The minimum Gasteiger partial charge on any atom is -0.322 e. The monoisotopic (exact) mass is 394 g/mol. The molecule has 1 aliphatic heterocycles. The summed E-state index contributed by atoms with van der Waals surface area (Å²) >= 11 is 3.33. The Labute approximate surface area is 143 Å². The van der Waals surface area contributed by atoms with Crippen LogP contribution in [0.4, 0.5) is 11.4 Å². The second-order valence-electron chi connectivity index (χ2n) is 5.25. The van der Waals surface area contributed by atoms with Crippen LogP contribution >= 0.6 is 15.9 Å². The lowest BCUT2D eigenvalue weighted by Gasteiger charge is -2.17. The summed E-state index contributed by atoms with van der Waals surface area (Å²) in [6.07, 6.45) is 0.643. The van der Waals surface area contributed by atoms with Crippen LogP contribution in [-0.4, -0.2) is 26.6 Å². The van der Waals surface area contributed by atoms with Crippen LogP contribution in [0.25, 0.3) is 0 Å². The molecule has 0 bridgehead atoms. The van der Waals surface area contributed by atoms with Gasteiger partial charge < -0.3 is 5.32 Å². The smallest absolute Gasteiger partial charge is 0.255 e. The Morgan fingerprint density at radius 2 is 1.87 bits per heavy atom. The molecule has 1 amide bonds. The van der Waals surface area contributed by atoms with Gasteiger partial charge in [-0.2, -0.15) is 0 Å². The van der Waals surface area contributed by atoms with Gasteiger partial charge in [0.05, 0.1) is 11.4 Å². The Morgan fingerprint density at radius 1 is 1.13 bits per heavy atom. The molecule has 0 aromatic heterocycles. The molecule has 0 radical (unpaired) electrons. The highest BCUT2D eigenvalue weighted by Gasteiger charge is 2.28.